The number of rotatable bonds is 8. The monoisotopic (exact) mass is 492 g/mol. The van der Waals surface area contributed by atoms with Crippen LogP contribution in [0.15, 0.2) is 47.7 Å². The summed E-state index contributed by atoms with van der Waals surface area (Å²) in [4.78, 5) is 8.25. The summed E-state index contributed by atoms with van der Waals surface area (Å²) in [5.41, 5.74) is 7.46. The maximum absolute atomic E-state index is 16.1. The third-order valence-electron chi connectivity index (χ3n) is 8.13. The molecule has 1 unspecified atom stereocenters. The van der Waals surface area contributed by atoms with Gasteiger partial charge in [-0.3, -0.25) is 9.29 Å². The Morgan fingerprint density at radius 2 is 1.97 bits per heavy atom. The summed E-state index contributed by atoms with van der Waals surface area (Å²) in [5, 5.41) is 4.67. The van der Waals surface area contributed by atoms with Crippen molar-refractivity contribution in [2.24, 2.45) is 0 Å². The summed E-state index contributed by atoms with van der Waals surface area (Å²) in [7, 11) is 1.62. The number of aromatic nitrogens is 1. The molecule has 0 amide bonds. The molecule has 1 saturated heterocycles. The van der Waals surface area contributed by atoms with Crippen LogP contribution in [-0.4, -0.2) is 60.8 Å². The second kappa shape index (κ2) is 9.43. The number of anilines is 1. The molecular formula is C29H34F2N4O. The molecule has 2 aliphatic heterocycles. The molecule has 7 heteroatoms. The number of likely N-dealkylation sites (tertiary alicyclic amines) is 1. The van der Waals surface area contributed by atoms with Crippen LogP contribution in [0.1, 0.15) is 49.0 Å². The summed E-state index contributed by atoms with van der Waals surface area (Å²) in [6.07, 6.45) is 3.62. The van der Waals surface area contributed by atoms with Crippen LogP contribution in [0.25, 0.3) is 10.9 Å². The summed E-state index contributed by atoms with van der Waals surface area (Å²) in [6.45, 7) is 5.20. The van der Waals surface area contributed by atoms with Gasteiger partial charge in [0.05, 0.1) is 25.4 Å². The molecule has 0 spiro atoms. The predicted octanol–water partition coefficient (Wildman–Crippen LogP) is 5.79. The Morgan fingerprint density at radius 3 is 2.69 bits per heavy atom. The van der Waals surface area contributed by atoms with Crippen LogP contribution in [0.4, 0.5) is 14.5 Å². The number of para-hydroxylation sites is 1. The van der Waals surface area contributed by atoms with Gasteiger partial charge in [0, 0.05) is 60.2 Å². The van der Waals surface area contributed by atoms with Crippen molar-refractivity contribution >= 4 is 16.6 Å². The molecule has 6 rings (SSSR count). The van der Waals surface area contributed by atoms with Crippen molar-refractivity contribution in [1.29, 1.82) is 0 Å². The molecule has 3 aromatic rings. The largest absolute Gasteiger partial charge is 0.496 e. The van der Waals surface area contributed by atoms with Gasteiger partial charge in [0.25, 0.3) is 0 Å². The fourth-order valence-electron chi connectivity index (χ4n) is 6.18. The van der Waals surface area contributed by atoms with Crippen molar-refractivity contribution in [3.8, 4) is 5.75 Å². The van der Waals surface area contributed by atoms with Gasteiger partial charge >= 0.3 is 0 Å². The Balaban J connectivity index is 1.37. The number of nitrogens with zero attached hydrogens (tertiary/aromatic N) is 2. The number of nitrogens with one attached hydrogen (secondary N) is 2. The van der Waals surface area contributed by atoms with Crippen LogP contribution in [0.5, 0.6) is 5.75 Å². The molecule has 0 radical (unpaired) electrons. The molecule has 3 heterocycles. The van der Waals surface area contributed by atoms with E-state index in [9.17, 15) is 4.39 Å². The van der Waals surface area contributed by atoms with Crippen molar-refractivity contribution in [3.63, 3.8) is 0 Å². The van der Waals surface area contributed by atoms with E-state index >= 15 is 4.39 Å². The molecule has 0 bridgehead atoms. The number of benzene rings is 2. The number of hydrogen-bond donors (Lipinski definition) is 2. The number of methoxy groups -OCH3 is 1. The van der Waals surface area contributed by atoms with Gasteiger partial charge in [-0.05, 0) is 50.3 Å². The standard InChI is InChI=1S/C29H34F2N4O/c1-18-8-9-25(18)35-13-10-22-21-6-3-4-7-24(21)33-28(22)29(35)27-23(31)14-19(15-26(27)36-2)32-20-16-34(17-20)12-5-11-30/h3-4,6-7,14-15,20,29,32-33H,5,8-13,16-17H2,1-2H3. The Bertz CT molecular complexity index is 1310. The number of H-pyrrole nitrogens is 1. The Morgan fingerprint density at radius 1 is 1.14 bits per heavy atom. The highest BCUT2D eigenvalue weighted by molar-refractivity contribution is 5.85. The summed E-state index contributed by atoms with van der Waals surface area (Å²) < 4.78 is 34.4. The maximum atomic E-state index is 16.1. The molecule has 2 aromatic carbocycles. The van der Waals surface area contributed by atoms with Crippen LogP contribution >= 0.6 is 0 Å². The molecule has 1 aliphatic carbocycles. The lowest BCUT2D eigenvalue weighted by molar-refractivity contribution is 0.155. The van der Waals surface area contributed by atoms with Gasteiger partial charge in [-0.15, -0.1) is 0 Å². The molecule has 2 N–H and O–H groups in total. The fraction of sp³-hybridized carbons (Fsp3) is 0.448. The van der Waals surface area contributed by atoms with Crippen LogP contribution in [0, 0.1) is 5.82 Å². The molecule has 1 fully saturated rings. The van der Waals surface area contributed by atoms with Crippen molar-refractivity contribution in [2.45, 2.75) is 44.7 Å². The second-order valence-electron chi connectivity index (χ2n) is 10.4. The lowest BCUT2D eigenvalue weighted by Gasteiger charge is -2.43. The highest BCUT2D eigenvalue weighted by Gasteiger charge is 2.38. The minimum Gasteiger partial charge on any atom is -0.496 e. The number of allylic oxidation sites excluding steroid dienone is 2. The normalized spacial score (nSPS) is 20.3. The zero-order chi connectivity index (χ0) is 24.8. The molecule has 36 heavy (non-hydrogen) atoms. The first-order valence-corrected chi connectivity index (χ1v) is 13.0. The number of halogens is 2. The lowest BCUT2D eigenvalue weighted by Crippen LogP contribution is -2.54. The van der Waals surface area contributed by atoms with E-state index in [2.05, 4.69) is 45.2 Å². The van der Waals surface area contributed by atoms with Gasteiger partial charge < -0.3 is 19.9 Å². The van der Waals surface area contributed by atoms with E-state index in [-0.39, 0.29) is 24.6 Å². The van der Waals surface area contributed by atoms with E-state index in [1.165, 1.54) is 22.2 Å². The first-order chi connectivity index (χ1) is 17.6. The molecule has 5 nitrogen and oxygen atoms in total. The van der Waals surface area contributed by atoms with Gasteiger partial charge in [-0.2, -0.15) is 0 Å². The van der Waals surface area contributed by atoms with Gasteiger partial charge in [0.1, 0.15) is 17.6 Å². The van der Waals surface area contributed by atoms with E-state index < -0.39 is 0 Å². The molecule has 1 aromatic heterocycles. The molecule has 3 aliphatic rings. The summed E-state index contributed by atoms with van der Waals surface area (Å²) >= 11 is 0. The predicted molar refractivity (Wildman–Crippen MR) is 140 cm³/mol. The Kier molecular flexibility index (Phi) is 6.12. The minimum atomic E-state index is -0.287. The number of ether oxygens (including phenoxy) is 1. The third-order valence-corrected chi connectivity index (χ3v) is 8.13. The van der Waals surface area contributed by atoms with Gasteiger partial charge in [-0.25, -0.2) is 4.39 Å². The summed E-state index contributed by atoms with van der Waals surface area (Å²) in [6, 6.07) is 11.9. The molecule has 190 valence electrons. The Hall–Kier alpha value is -3.06. The highest BCUT2D eigenvalue weighted by atomic mass is 19.1. The zero-order valence-corrected chi connectivity index (χ0v) is 21.0. The van der Waals surface area contributed by atoms with Crippen LogP contribution in [-0.2, 0) is 6.42 Å². The van der Waals surface area contributed by atoms with E-state index in [0.29, 0.717) is 17.7 Å². The van der Waals surface area contributed by atoms with E-state index in [4.69, 9.17) is 4.74 Å². The number of aromatic amines is 1. The number of alkyl halides is 1. The summed E-state index contributed by atoms with van der Waals surface area (Å²) in [5.74, 6) is 0.301. The van der Waals surface area contributed by atoms with Crippen molar-refractivity contribution in [3.05, 3.63) is 70.3 Å². The topological polar surface area (TPSA) is 43.5 Å². The molecular weight excluding hydrogens is 458 g/mol. The van der Waals surface area contributed by atoms with Gasteiger partial charge in [-0.1, -0.05) is 23.8 Å². The average molecular weight is 493 g/mol. The lowest BCUT2D eigenvalue weighted by atomic mass is 9.86. The highest BCUT2D eigenvalue weighted by Crippen LogP contribution is 2.47. The quantitative estimate of drug-likeness (QED) is 0.418. The molecule has 1 atom stereocenters. The zero-order valence-electron chi connectivity index (χ0n) is 21.0. The Labute approximate surface area is 211 Å². The first kappa shape index (κ1) is 23.3. The first-order valence-electron chi connectivity index (χ1n) is 13.0. The second-order valence-corrected chi connectivity index (χ2v) is 10.4. The van der Waals surface area contributed by atoms with Crippen LogP contribution in [0.3, 0.4) is 0 Å². The van der Waals surface area contributed by atoms with Crippen LogP contribution in [0.2, 0.25) is 0 Å². The van der Waals surface area contributed by atoms with Gasteiger partial charge in [0.15, 0.2) is 0 Å². The number of fused-ring (bicyclic) bond motifs is 3. The van der Waals surface area contributed by atoms with Crippen molar-refractivity contribution in [2.75, 3.05) is 45.3 Å². The fourth-order valence-corrected chi connectivity index (χ4v) is 6.18. The van der Waals surface area contributed by atoms with E-state index in [1.807, 2.05) is 12.1 Å². The number of hydrogen-bond acceptors (Lipinski definition) is 4. The smallest absolute Gasteiger partial charge is 0.134 e. The van der Waals surface area contributed by atoms with Crippen molar-refractivity contribution < 1.29 is 13.5 Å². The maximum Gasteiger partial charge on any atom is 0.134 e. The van der Waals surface area contributed by atoms with Gasteiger partial charge in [0.2, 0.25) is 0 Å². The SMILES string of the molecule is COc1cc(NC2CN(CCCF)C2)cc(F)c1C1c2[nH]c3ccccc3c2CCN1C1=C(C)CC1. The van der Waals surface area contributed by atoms with E-state index in [0.717, 1.165) is 62.3 Å². The average Bonchev–Trinajstić information content (AvgIpc) is 3.23. The van der Waals surface area contributed by atoms with E-state index in [1.54, 1.807) is 13.2 Å². The van der Waals surface area contributed by atoms with Crippen LogP contribution < -0.4 is 10.1 Å². The van der Waals surface area contributed by atoms with Crippen molar-refractivity contribution in [1.82, 2.24) is 14.8 Å². The minimum absolute atomic E-state index is 0.230. The third kappa shape index (κ3) is 3.94. The molecule has 0 saturated carbocycles.